The molecule has 0 unspecified atom stereocenters. The summed E-state index contributed by atoms with van der Waals surface area (Å²) in [6.45, 7) is 7.43. The third-order valence-electron chi connectivity index (χ3n) is 4.06. The summed E-state index contributed by atoms with van der Waals surface area (Å²) in [7, 11) is -3.11. The molecule has 4 nitrogen and oxygen atoms in total. The minimum Gasteiger partial charge on any atom is -0.313 e. The molecule has 1 saturated carbocycles. The molecule has 0 saturated heterocycles. The Labute approximate surface area is 118 Å². The number of rotatable bonds is 8. The van der Waals surface area contributed by atoms with E-state index in [0.717, 1.165) is 5.92 Å². The van der Waals surface area contributed by atoms with Gasteiger partial charge in [-0.2, -0.15) is 0 Å². The molecule has 0 aliphatic heterocycles. The van der Waals surface area contributed by atoms with E-state index in [2.05, 4.69) is 17.0 Å². The lowest BCUT2D eigenvalue weighted by Gasteiger charge is -2.27. The van der Waals surface area contributed by atoms with Gasteiger partial charge in [0.05, 0.1) is 5.75 Å². The van der Waals surface area contributed by atoms with Crippen molar-refractivity contribution in [2.24, 2.45) is 11.8 Å². The minimum atomic E-state index is -3.11. The molecule has 0 aromatic carbocycles. The van der Waals surface area contributed by atoms with Crippen LogP contribution in [-0.2, 0) is 10.0 Å². The Morgan fingerprint density at radius 3 is 2.21 bits per heavy atom. The second-order valence-electron chi connectivity index (χ2n) is 6.07. The first kappa shape index (κ1) is 16.9. The van der Waals surface area contributed by atoms with Crippen LogP contribution in [0, 0.1) is 11.8 Å². The van der Waals surface area contributed by atoms with Crippen LogP contribution in [0.25, 0.3) is 0 Å². The first-order valence-corrected chi connectivity index (χ1v) is 9.29. The Kier molecular flexibility index (Phi) is 7.32. The number of nitrogens with one attached hydrogen (secondary N) is 2. The Morgan fingerprint density at radius 2 is 1.68 bits per heavy atom. The van der Waals surface area contributed by atoms with Gasteiger partial charge < -0.3 is 5.32 Å². The van der Waals surface area contributed by atoms with Gasteiger partial charge in [0.25, 0.3) is 0 Å². The van der Waals surface area contributed by atoms with Crippen molar-refractivity contribution < 1.29 is 8.42 Å². The summed E-state index contributed by atoms with van der Waals surface area (Å²) in [5, 5.41) is 3.13. The Balaban J connectivity index is 2.20. The minimum absolute atomic E-state index is 0.176. The summed E-state index contributed by atoms with van der Waals surface area (Å²) in [5.41, 5.74) is 0. The number of hydrogen-bond acceptors (Lipinski definition) is 3. The number of hydrogen-bond donors (Lipinski definition) is 2. The van der Waals surface area contributed by atoms with E-state index in [1.807, 2.05) is 13.8 Å². The molecule has 0 aromatic heterocycles. The van der Waals surface area contributed by atoms with Crippen LogP contribution in [0.1, 0.15) is 52.9 Å². The van der Waals surface area contributed by atoms with Crippen molar-refractivity contribution in [3.05, 3.63) is 0 Å². The Hall–Kier alpha value is -0.130. The zero-order chi connectivity index (χ0) is 14.3. The van der Waals surface area contributed by atoms with Gasteiger partial charge in [-0.1, -0.05) is 40.0 Å². The summed E-state index contributed by atoms with van der Waals surface area (Å²) in [6.07, 6.45) is 6.13. The van der Waals surface area contributed by atoms with Crippen molar-refractivity contribution in [2.75, 3.05) is 18.8 Å². The SMILES string of the molecule is CCC1CCC(CNS(=O)(=O)CCNC(C)C)CC1. The van der Waals surface area contributed by atoms with E-state index in [1.165, 1.54) is 32.1 Å². The van der Waals surface area contributed by atoms with Crippen LogP contribution in [0.4, 0.5) is 0 Å². The maximum absolute atomic E-state index is 11.8. The first-order valence-electron chi connectivity index (χ1n) is 7.63. The van der Waals surface area contributed by atoms with Gasteiger partial charge in [0.15, 0.2) is 0 Å². The molecule has 0 atom stereocenters. The average Bonchev–Trinajstić information content (AvgIpc) is 2.36. The van der Waals surface area contributed by atoms with Crippen LogP contribution in [0.2, 0.25) is 0 Å². The maximum Gasteiger partial charge on any atom is 0.212 e. The Morgan fingerprint density at radius 1 is 1.11 bits per heavy atom. The lowest BCUT2D eigenvalue weighted by Crippen LogP contribution is -2.37. The monoisotopic (exact) mass is 290 g/mol. The summed E-state index contributed by atoms with van der Waals surface area (Å²) in [4.78, 5) is 0. The Bertz CT molecular complexity index is 333. The molecule has 114 valence electrons. The fourth-order valence-electron chi connectivity index (χ4n) is 2.64. The maximum atomic E-state index is 11.8. The molecule has 2 N–H and O–H groups in total. The van der Waals surface area contributed by atoms with Gasteiger partial charge in [0.2, 0.25) is 10.0 Å². The molecule has 0 aromatic rings. The highest BCUT2D eigenvalue weighted by Gasteiger charge is 2.21. The standard InChI is InChI=1S/C14H30N2O2S/c1-4-13-5-7-14(8-6-13)11-16-19(17,18)10-9-15-12(2)3/h12-16H,4-11H2,1-3H3. The largest absolute Gasteiger partial charge is 0.313 e. The van der Waals surface area contributed by atoms with E-state index in [-0.39, 0.29) is 5.75 Å². The zero-order valence-electron chi connectivity index (χ0n) is 12.6. The molecule has 0 radical (unpaired) electrons. The van der Waals surface area contributed by atoms with Crippen molar-refractivity contribution in [1.29, 1.82) is 0 Å². The fraction of sp³-hybridized carbons (Fsp3) is 1.00. The second kappa shape index (κ2) is 8.22. The summed E-state index contributed by atoms with van der Waals surface area (Å²) in [6, 6.07) is 0.333. The van der Waals surface area contributed by atoms with Gasteiger partial charge >= 0.3 is 0 Å². The predicted molar refractivity (Wildman–Crippen MR) is 80.7 cm³/mol. The van der Waals surface area contributed by atoms with E-state index in [9.17, 15) is 8.42 Å². The van der Waals surface area contributed by atoms with E-state index in [4.69, 9.17) is 0 Å². The topological polar surface area (TPSA) is 58.2 Å². The third kappa shape index (κ3) is 7.28. The van der Waals surface area contributed by atoms with Crippen molar-refractivity contribution in [1.82, 2.24) is 10.0 Å². The highest BCUT2D eigenvalue weighted by molar-refractivity contribution is 7.89. The van der Waals surface area contributed by atoms with E-state index >= 15 is 0 Å². The molecule has 5 heteroatoms. The van der Waals surface area contributed by atoms with Crippen LogP contribution < -0.4 is 10.0 Å². The normalized spacial score (nSPS) is 24.8. The van der Waals surface area contributed by atoms with Gasteiger partial charge in [0.1, 0.15) is 0 Å². The molecule has 1 rings (SSSR count). The van der Waals surface area contributed by atoms with E-state index < -0.39 is 10.0 Å². The molecule has 1 aliphatic rings. The van der Waals surface area contributed by atoms with Crippen LogP contribution in [-0.4, -0.2) is 33.3 Å². The molecule has 0 spiro atoms. The molecule has 19 heavy (non-hydrogen) atoms. The lowest BCUT2D eigenvalue weighted by atomic mass is 9.81. The lowest BCUT2D eigenvalue weighted by molar-refractivity contribution is 0.270. The summed E-state index contributed by atoms with van der Waals surface area (Å²) >= 11 is 0. The summed E-state index contributed by atoms with van der Waals surface area (Å²) in [5.74, 6) is 1.58. The first-order chi connectivity index (χ1) is 8.93. The summed E-state index contributed by atoms with van der Waals surface area (Å²) < 4.78 is 26.4. The third-order valence-corrected chi connectivity index (χ3v) is 5.41. The molecular formula is C14H30N2O2S. The van der Waals surface area contributed by atoms with E-state index in [0.29, 0.717) is 25.0 Å². The molecular weight excluding hydrogens is 260 g/mol. The van der Waals surface area contributed by atoms with Gasteiger partial charge in [-0.05, 0) is 24.7 Å². The van der Waals surface area contributed by atoms with E-state index in [1.54, 1.807) is 0 Å². The highest BCUT2D eigenvalue weighted by Crippen LogP contribution is 2.30. The smallest absolute Gasteiger partial charge is 0.212 e. The highest BCUT2D eigenvalue weighted by atomic mass is 32.2. The van der Waals surface area contributed by atoms with Gasteiger partial charge in [0, 0.05) is 19.1 Å². The fourth-order valence-corrected chi connectivity index (χ4v) is 3.66. The van der Waals surface area contributed by atoms with Crippen LogP contribution in [0.15, 0.2) is 0 Å². The van der Waals surface area contributed by atoms with Crippen molar-refractivity contribution in [3.8, 4) is 0 Å². The van der Waals surface area contributed by atoms with Crippen LogP contribution >= 0.6 is 0 Å². The molecule has 1 aliphatic carbocycles. The van der Waals surface area contributed by atoms with Gasteiger partial charge in [-0.15, -0.1) is 0 Å². The van der Waals surface area contributed by atoms with Crippen LogP contribution in [0.5, 0.6) is 0 Å². The second-order valence-corrected chi connectivity index (χ2v) is 8.00. The van der Waals surface area contributed by atoms with Gasteiger partial charge in [-0.25, -0.2) is 13.1 Å². The number of sulfonamides is 1. The van der Waals surface area contributed by atoms with Crippen molar-refractivity contribution >= 4 is 10.0 Å². The van der Waals surface area contributed by atoms with Gasteiger partial charge in [-0.3, -0.25) is 0 Å². The van der Waals surface area contributed by atoms with Crippen molar-refractivity contribution in [2.45, 2.75) is 58.9 Å². The predicted octanol–water partition coefficient (Wildman–Crippen LogP) is 2.12. The zero-order valence-corrected chi connectivity index (χ0v) is 13.4. The quantitative estimate of drug-likeness (QED) is 0.720. The molecule has 0 amide bonds. The molecule has 1 fully saturated rings. The average molecular weight is 290 g/mol. The molecule has 0 bridgehead atoms. The van der Waals surface area contributed by atoms with Crippen molar-refractivity contribution in [3.63, 3.8) is 0 Å². The molecule has 0 heterocycles. The van der Waals surface area contributed by atoms with Crippen LogP contribution in [0.3, 0.4) is 0 Å².